The number of aliphatic hydroxyl groups is 1. The van der Waals surface area contributed by atoms with Gasteiger partial charge in [-0.05, 0) is 67.0 Å². The van der Waals surface area contributed by atoms with Gasteiger partial charge in [0.15, 0.2) is 17.7 Å². The number of ether oxygens (including phenoxy) is 5. The van der Waals surface area contributed by atoms with Crippen LogP contribution in [0, 0.1) is 23.7 Å². The van der Waals surface area contributed by atoms with E-state index in [-0.39, 0.29) is 30.6 Å². The highest BCUT2D eigenvalue weighted by Gasteiger charge is 2.60. The van der Waals surface area contributed by atoms with E-state index in [1.807, 2.05) is 53.6 Å². The van der Waals surface area contributed by atoms with Crippen molar-refractivity contribution in [1.29, 1.82) is 0 Å². The number of hydrogen-bond donors (Lipinski definition) is 1. The molecule has 13 atom stereocenters. The van der Waals surface area contributed by atoms with Crippen LogP contribution in [0.4, 0.5) is 4.79 Å². The number of aliphatic imine (C=N–C) groups is 1. The number of carbonyl (C=O) groups is 3. The number of ketones is 1. The van der Waals surface area contributed by atoms with Crippen LogP contribution in [-0.4, -0.2) is 126 Å². The fraction of sp³-hybridized carbons (Fsp3) is 0.829. The zero-order valence-electron chi connectivity index (χ0n) is 29.9. The second kappa shape index (κ2) is 14.6. The van der Waals surface area contributed by atoms with Gasteiger partial charge in [0.05, 0.1) is 37.0 Å². The standard InChI is InChI=1S/C35H57N3O9/c1-12-16-43-34(8)18-19(3)26-21(5)29-35(9,47-33(42)38(29)15-14-36-26)25(13-2)45-31(41)23(7)27(39)22(6)30(34)46-32-28(40)24(37(10)11)17-20(4)44-32/h12,19-25,28-30,32,40H,1,13-18H2,2-11H3/t19-,20-,21+,22+,23-,24+,25-,28-,29-,30-,32+,34-,35-/m1/s1. The van der Waals surface area contributed by atoms with E-state index in [4.69, 9.17) is 28.7 Å². The van der Waals surface area contributed by atoms with Crippen LogP contribution >= 0.6 is 0 Å². The van der Waals surface area contributed by atoms with E-state index in [9.17, 15) is 19.5 Å². The van der Waals surface area contributed by atoms with Crippen molar-refractivity contribution in [3.8, 4) is 0 Å². The highest BCUT2D eigenvalue weighted by Crippen LogP contribution is 2.44. The van der Waals surface area contributed by atoms with E-state index in [2.05, 4.69) is 13.5 Å². The molecule has 4 aliphatic rings. The van der Waals surface area contributed by atoms with Crippen LogP contribution < -0.4 is 0 Å². The van der Waals surface area contributed by atoms with Gasteiger partial charge in [0.2, 0.25) is 0 Å². The van der Waals surface area contributed by atoms with Crippen molar-refractivity contribution in [3.05, 3.63) is 12.7 Å². The number of hydrogen-bond acceptors (Lipinski definition) is 11. The van der Waals surface area contributed by atoms with Gasteiger partial charge in [0, 0.05) is 30.1 Å². The molecule has 0 aliphatic carbocycles. The zero-order valence-corrected chi connectivity index (χ0v) is 29.9. The van der Waals surface area contributed by atoms with Gasteiger partial charge in [0.25, 0.3) is 0 Å². The first-order chi connectivity index (χ1) is 22.0. The molecule has 12 heteroatoms. The average Bonchev–Trinajstić information content (AvgIpc) is 3.14. The van der Waals surface area contributed by atoms with Crippen molar-refractivity contribution >= 4 is 23.6 Å². The third-order valence-electron chi connectivity index (χ3n) is 10.9. The molecule has 266 valence electrons. The van der Waals surface area contributed by atoms with E-state index < -0.39 is 71.5 Å². The summed E-state index contributed by atoms with van der Waals surface area (Å²) in [5, 5.41) is 11.4. The zero-order chi connectivity index (χ0) is 35.0. The first kappa shape index (κ1) is 37.4. The number of rotatable bonds is 7. The Morgan fingerprint density at radius 2 is 1.81 bits per heavy atom. The van der Waals surface area contributed by atoms with Crippen molar-refractivity contribution in [2.45, 2.75) is 129 Å². The number of Topliss-reactive ketones (excluding diaryl/α,β-unsaturated/α-hetero) is 1. The van der Waals surface area contributed by atoms with Crippen molar-refractivity contribution < 1.29 is 43.2 Å². The second-order valence-corrected chi connectivity index (χ2v) is 14.7. The quantitative estimate of drug-likeness (QED) is 0.244. The third-order valence-corrected chi connectivity index (χ3v) is 10.9. The summed E-state index contributed by atoms with van der Waals surface area (Å²) >= 11 is 0. The van der Waals surface area contributed by atoms with Crippen LogP contribution in [0.3, 0.4) is 0 Å². The van der Waals surface area contributed by atoms with E-state index >= 15 is 0 Å². The number of aliphatic hydroxyl groups excluding tert-OH is 1. The lowest BCUT2D eigenvalue weighted by molar-refractivity contribution is -0.296. The van der Waals surface area contributed by atoms with Crippen LogP contribution in [0.1, 0.15) is 74.7 Å². The Hall–Kier alpha value is -2.38. The van der Waals surface area contributed by atoms with Crippen molar-refractivity contribution in [2.24, 2.45) is 28.7 Å². The van der Waals surface area contributed by atoms with Gasteiger partial charge in [-0.1, -0.05) is 33.8 Å². The van der Waals surface area contributed by atoms with Crippen LogP contribution in [0.2, 0.25) is 0 Å². The number of fused-ring (bicyclic) bond motifs is 1. The number of likely N-dealkylation sites (N-methyl/N-ethyl adjacent to an activating group) is 1. The minimum Gasteiger partial charge on any atom is -0.458 e. The summed E-state index contributed by atoms with van der Waals surface area (Å²) in [6.07, 6.45) is -1.44. The molecule has 0 aromatic rings. The Morgan fingerprint density at radius 1 is 1.13 bits per heavy atom. The smallest absolute Gasteiger partial charge is 0.410 e. The predicted octanol–water partition coefficient (Wildman–Crippen LogP) is 3.63. The summed E-state index contributed by atoms with van der Waals surface area (Å²) in [4.78, 5) is 49.9. The maximum atomic E-state index is 14.2. The molecule has 0 spiro atoms. The Balaban J connectivity index is 1.84. The van der Waals surface area contributed by atoms with Crippen molar-refractivity contribution in [3.63, 3.8) is 0 Å². The molecule has 47 heavy (non-hydrogen) atoms. The fourth-order valence-electron chi connectivity index (χ4n) is 8.50. The maximum absolute atomic E-state index is 14.2. The van der Waals surface area contributed by atoms with Gasteiger partial charge in [-0.3, -0.25) is 19.5 Å². The summed E-state index contributed by atoms with van der Waals surface area (Å²) in [6.45, 7) is 19.7. The molecular weight excluding hydrogens is 606 g/mol. The molecule has 4 heterocycles. The average molecular weight is 664 g/mol. The molecule has 0 unspecified atom stereocenters. The number of carbonyl (C=O) groups excluding carboxylic acids is 3. The fourth-order valence-corrected chi connectivity index (χ4v) is 8.50. The van der Waals surface area contributed by atoms with Gasteiger partial charge in [0.1, 0.15) is 18.1 Å². The Labute approximate surface area is 280 Å². The number of cyclic esters (lactones) is 1. The van der Waals surface area contributed by atoms with Crippen LogP contribution in [0.5, 0.6) is 0 Å². The lowest BCUT2D eigenvalue weighted by Crippen LogP contribution is -2.60. The summed E-state index contributed by atoms with van der Waals surface area (Å²) in [5.74, 6) is -3.54. The van der Waals surface area contributed by atoms with Gasteiger partial charge in [-0.15, -0.1) is 6.58 Å². The Kier molecular flexibility index (Phi) is 11.6. The topological polar surface area (TPSA) is 136 Å². The highest BCUT2D eigenvalue weighted by atomic mass is 16.7. The van der Waals surface area contributed by atoms with E-state index in [1.165, 1.54) is 6.92 Å². The molecule has 1 amide bonds. The molecule has 2 bridgehead atoms. The highest BCUT2D eigenvalue weighted by molar-refractivity contribution is 6.00. The van der Waals surface area contributed by atoms with Gasteiger partial charge >= 0.3 is 12.1 Å². The summed E-state index contributed by atoms with van der Waals surface area (Å²) in [6, 6.07) is -0.686. The van der Waals surface area contributed by atoms with Gasteiger partial charge in [-0.25, -0.2) is 4.79 Å². The van der Waals surface area contributed by atoms with Crippen molar-refractivity contribution in [2.75, 3.05) is 33.8 Å². The molecule has 1 N–H and O–H groups in total. The normalized spacial score (nSPS) is 43.5. The van der Waals surface area contributed by atoms with Crippen LogP contribution in [-0.2, 0) is 33.3 Å². The minimum absolute atomic E-state index is 0.170. The molecular formula is C35H57N3O9. The first-order valence-electron chi connectivity index (χ1n) is 17.2. The maximum Gasteiger partial charge on any atom is 0.410 e. The Morgan fingerprint density at radius 3 is 2.43 bits per heavy atom. The number of nitrogens with zero attached hydrogens (tertiary/aromatic N) is 3. The summed E-state index contributed by atoms with van der Waals surface area (Å²) < 4.78 is 31.6. The lowest BCUT2D eigenvalue weighted by Gasteiger charge is -2.47. The van der Waals surface area contributed by atoms with E-state index in [0.717, 1.165) is 5.71 Å². The first-order valence-corrected chi connectivity index (χ1v) is 17.2. The molecule has 0 radical (unpaired) electrons. The molecule has 3 saturated heterocycles. The minimum atomic E-state index is -1.16. The molecule has 4 aliphatic heterocycles. The van der Waals surface area contributed by atoms with Gasteiger partial charge in [-0.2, -0.15) is 0 Å². The molecule has 12 nitrogen and oxygen atoms in total. The van der Waals surface area contributed by atoms with Crippen molar-refractivity contribution in [1.82, 2.24) is 9.80 Å². The molecule has 0 aromatic heterocycles. The predicted molar refractivity (Wildman–Crippen MR) is 176 cm³/mol. The second-order valence-electron chi connectivity index (χ2n) is 14.7. The SMILES string of the molecule is C=CCO[C@]1(C)C[C@@H](C)C2=NCCN3C(=O)O[C@](C)([C@@H](CC)OC(=O)[C@H](C)C(=O)[C@H](C)[C@H]1O[C@@H]1O[C@H](C)C[C@H](N(C)C)[C@H]1O)[C@H]3[C@H]2C. The summed E-state index contributed by atoms with van der Waals surface area (Å²) in [7, 11) is 3.80. The van der Waals surface area contributed by atoms with E-state index in [0.29, 0.717) is 32.4 Å². The molecule has 0 saturated carbocycles. The lowest BCUT2D eigenvalue weighted by atomic mass is 9.73. The van der Waals surface area contributed by atoms with Crippen LogP contribution in [0.15, 0.2) is 17.6 Å². The Bertz CT molecular complexity index is 1210. The molecule has 3 fully saturated rings. The molecule has 4 rings (SSSR count). The third kappa shape index (κ3) is 7.18. The van der Waals surface area contributed by atoms with E-state index in [1.54, 1.807) is 17.9 Å². The van der Waals surface area contributed by atoms with Crippen LogP contribution in [0.25, 0.3) is 0 Å². The largest absolute Gasteiger partial charge is 0.458 e. The summed E-state index contributed by atoms with van der Waals surface area (Å²) in [5.41, 5.74) is -1.40. The molecule has 0 aromatic carbocycles. The monoisotopic (exact) mass is 663 g/mol. The number of esters is 1. The number of amides is 1. The van der Waals surface area contributed by atoms with Gasteiger partial charge < -0.3 is 33.7 Å².